The Kier molecular flexibility index (Phi) is 5.40. The maximum atomic E-state index is 11.8. The molecule has 0 radical (unpaired) electrons. The smallest absolute Gasteiger partial charge is 0.271 e. The first-order valence-corrected chi connectivity index (χ1v) is 5.76. The maximum Gasteiger partial charge on any atom is 0.271 e. The molecule has 19 heavy (non-hydrogen) atoms. The molecule has 7 heteroatoms. The summed E-state index contributed by atoms with van der Waals surface area (Å²) in [4.78, 5) is 22.0. The molecule has 0 saturated heterocycles. The highest BCUT2D eigenvalue weighted by Crippen LogP contribution is 2.21. The third-order valence-electron chi connectivity index (χ3n) is 2.66. The lowest BCUT2D eigenvalue weighted by molar-refractivity contribution is -0.384. The summed E-state index contributed by atoms with van der Waals surface area (Å²) in [6.45, 7) is 2.13. The van der Waals surface area contributed by atoms with Gasteiger partial charge in [-0.1, -0.05) is 6.07 Å². The Morgan fingerprint density at radius 3 is 2.84 bits per heavy atom. The van der Waals surface area contributed by atoms with E-state index >= 15 is 0 Å². The molecule has 1 rings (SSSR count). The lowest BCUT2D eigenvalue weighted by atomic mass is 10.1. The minimum Gasteiger partial charge on any atom is -0.385 e. The number of benzene rings is 1. The van der Waals surface area contributed by atoms with Gasteiger partial charge in [0.15, 0.2) is 0 Å². The van der Waals surface area contributed by atoms with Crippen molar-refractivity contribution in [3.05, 3.63) is 33.9 Å². The number of hydrogen-bond acceptors (Lipinski definition) is 5. The van der Waals surface area contributed by atoms with Crippen molar-refractivity contribution in [3.8, 4) is 0 Å². The van der Waals surface area contributed by atoms with E-state index in [-0.39, 0.29) is 11.6 Å². The Morgan fingerprint density at radius 2 is 2.26 bits per heavy atom. The molecule has 0 saturated carbocycles. The van der Waals surface area contributed by atoms with Gasteiger partial charge >= 0.3 is 0 Å². The molecule has 0 aliphatic carbocycles. The molecule has 3 N–H and O–H groups in total. The van der Waals surface area contributed by atoms with E-state index in [1.807, 2.05) is 0 Å². The third kappa shape index (κ3) is 4.31. The number of anilines is 1. The average molecular weight is 267 g/mol. The van der Waals surface area contributed by atoms with Crippen LogP contribution in [0.25, 0.3) is 0 Å². The van der Waals surface area contributed by atoms with E-state index in [0.717, 1.165) is 5.56 Å². The lowest BCUT2D eigenvalue weighted by Gasteiger charge is -2.13. The van der Waals surface area contributed by atoms with Gasteiger partial charge < -0.3 is 15.8 Å². The maximum absolute atomic E-state index is 11.8. The Labute approximate surface area is 110 Å². The minimum absolute atomic E-state index is 0.0774. The number of rotatable bonds is 6. The number of aryl methyl sites for hydroxylation is 1. The van der Waals surface area contributed by atoms with Crippen LogP contribution in [0.1, 0.15) is 12.0 Å². The summed E-state index contributed by atoms with van der Waals surface area (Å²) in [6, 6.07) is 3.57. The Balaban J connectivity index is 2.78. The first kappa shape index (κ1) is 15.1. The topological polar surface area (TPSA) is 107 Å². The number of nitrogens with two attached hydrogens (primary N) is 1. The van der Waals surface area contributed by atoms with Crippen molar-refractivity contribution in [1.82, 2.24) is 0 Å². The van der Waals surface area contributed by atoms with Crippen LogP contribution in [0.4, 0.5) is 11.4 Å². The second kappa shape index (κ2) is 6.81. The number of carbonyl (C=O) groups excluding carboxylic acids is 1. The number of amides is 1. The van der Waals surface area contributed by atoms with E-state index in [1.165, 1.54) is 19.2 Å². The number of hydrogen-bond donors (Lipinski definition) is 2. The van der Waals surface area contributed by atoms with E-state index in [4.69, 9.17) is 10.5 Å². The predicted octanol–water partition coefficient (Wildman–Crippen LogP) is 1.21. The number of carbonyl (C=O) groups is 1. The van der Waals surface area contributed by atoms with Crippen LogP contribution in [-0.4, -0.2) is 30.6 Å². The van der Waals surface area contributed by atoms with Gasteiger partial charge in [-0.2, -0.15) is 0 Å². The summed E-state index contributed by atoms with van der Waals surface area (Å²) in [7, 11) is 1.52. The van der Waals surface area contributed by atoms with Crippen LogP contribution < -0.4 is 11.1 Å². The number of non-ortho nitro benzene ring substituents is 1. The quantitative estimate of drug-likeness (QED) is 0.595. The molecular weight excluding hydrogens is 250 g/mol. The van der Waals surface area contributed by atoms with E-state index in [0.29, 0.717) is 18.7 Å². The molecule has 1 atom stereocenters. The van der Waals surface area contributed by atoms with Crippen LogP contribution in [0.5, 0.6) is 0 Å². The number of nitro groups is 1. The standard InChI is InChI=1S/C12H17N3O4/c1-8-3-4-9(15(17)18)7-11(8)14-12(16)10(13)5-6-19-2/h3-4,7,10H,5-6,13H2,1-2H3,(H,14,16). The van der Waals surface area contributed by atoms with Crippen molar-refractivity contribution in [2.45, 2.75) is 19.4 Å². The van der Waals surface area contributed by atoms with Gasteiger partial charge in [0.2, 0.25) is 5.91 Å². The molecular formula is C12H17N3O4. The molecule has 1 aromatic rings. The van der Waals surface area contributed by atoms with Crippen molar-refractivity contribution < 1.29 is 14.5 Å². The SMILES string of the molecule is COCCC(N)C(=O)Nc1cc([N+](=O)[O-])ccc1C. The van der Waals surface area contributed by atoms with Crippen LogP contribution >= 0.6 is 0 Å². The highest BCUT2D eigenvalue weighted by atomic mass is 16.6. The van der Waals surface area contributed by atoms with E-state index in [1.54, 1.807) is 13.0 Å². The zero-order valence-electron chi connectivity index (χ0n) is 10.9. The molecule has 0 aromatic heterocycles. The minimum atomic E-state index is -0.710. The summed E-state index contributed by atoms with van der Waals surface area (Å²) in [6.07, 6.45) is 0.385. The van der Waals surface area contributed by atoms with Gasteiger partial charge in [0.25, 0.3) is 5.69 Å². The average Bonchev–Trinajstić information content (AvgIpc) is 2.38. The number of nitrogens with one attached hydrogen (secondary N) is 1. The van der Waals surface area contributed by atoms with Crippen molar-refractivity contribution in [3.63, 3.8) is 0 Å². The normalized spacial score (nSPS) is 11.9. The molecule has 7 nitrogen and oxygen atoms in total. The predicted molar refractivity (Wildman–Crippen MR) is 70.9 cm³/mol. The Morgan fingerprint density at radius 1 is 1.58 bits per heavy atom. The highest BCUT2D eigenvalue weighted by molar-refractivity contribution is 5.95. The Hall–Kier alpha value is -1.99. The van der Waals surface area contributed by atoms with Gasteiger partial charge in [-0.25, -0.2) is 0 Å². The van der Waals surface area contributed by atoms with Crippen molar-refractivity contribution in [2.24, 2.45) is 5.73 Å². The zero-order valence-corrected chi connectivity index (χ0v) is 10.9. The molecule has 0 heterocycles. The molecule has 1 unspecified atom stereocenters. The van der Waals surface area contributed by atoms with Crippen LogP contribution in [0.2, 0.25) is 0 Å². The molecule has 0 aliphatic rings. The van der Waals surface area contributed by atoms with Gasteiger partial charge in [-0.3, -0.25) is 14.9 Å². The van der Waals surface area contributed by atoms with Crippen LogP contribution in [0, 0.1) is 17.0 Å². The molecule has 1 amide bonds. The number of ether oxygens (including phenoxy) is 1. The number of nitro benzene ring substituents is 1. The van der Waals surface area contributed by atoms with Crippen LogP contribution in [-0.2, 0) is 9.53 Å². The monoisotopic (exact) mass is 267 g/mol. The van der Waals surface area contributed by atoms with Crippen LogP contribution in [0.15, 0.2) is 18.2 Å². The van der Waals surface area contributed by atoms with Gasteiger partial charge in [0.05, 0.1) is 16.7 Å². The van der Waals surface area contributed by atoms with E-state index in [2.05, 4.69) is 5.32 Å². The molecule has 104 valence electrons. The number of methoxy groups -OCH3 is 1. The van der Waals surface area contributed by atoms with Crippen molar-refractivity contribution >= 4 is 17.3 Å². The second-order valence-electron chi connectivity index (χ2n) is 4.13. The Bertz CT molecular complexity index is 476. The summed E-state index contributed by atoms with van der Waals surface area (Å²) in [5, 5.41) is 13.3. The summed E-state index contributed by atoms with van der Waals surface area (Å²) >= 11 is 0. The van der Waals surface area contributed by atoms with Crippen molar-refractivity contribution in [1.29, 1.82) is 0 Å². The summed E-state index contributed by atoms with van der Waals surface area (Å²) in [5.74, 6) is -0.388. The van der Waals surface area contributed by atoms with Gasteiger partial charge in [-0.05, 0) is 18.9 Å². The fourth-order valence-electron chi connectivity index (χ4n) is 1.46. The molecule has 0 spiro atoms. The second-order valence-corrected chi connectivity index (χ2v) is 4.13. The largest absolute Gasteiger partial charge is 0.385 e. The van der Waals surface area contributed by atoms with Gasteiger partial charge in [0.1, 0.15) is 0 Å². The molecule has 0 bridgehead atoms. The lowest BCUT2D eigenvalue weighted by Crippen LogP contribution is -2.36. The molecule has 1 aromatic carbocycles. The zero-order chi connectivity index (χ0) is 14.4. The van der Waals surface area contributed by atoms with E-state index < -0.39 is 11.0 Å². The van der Waals surface area contributed by atoms with Crippen molar-refractivity contribution in [2.75, 3.05) is 19.0 Å². The van der Waals surface area contributed by atoms with E-state index in [9.17, 15) is 14.9 Å². The van der Waals surface area contributed by atoms with Gasteiger partial charge in [-0.15, -0.1) is 0 Å². The van der Waals surface area contributed by atoms with Crippen LogP contribution in [0.3, 0.4) is 0 Å². The third-order valence-corrected chi connectivity index (χ3v) is 2.66. The molecule has 0 fully saturated rings. The summed E-state index contributed by atoms with van der Waals surface area (Å²) < 4.78 is 4.84. The fraction of sp³-hybridized carbons (Fsp3) is 0.417. The first-order valence-electron chi connectivity index (χ1n) is 5.76. The highest BCUT2D eigenvalue weighted by Gasteiger charge is 2.16. The number of nitrogens with zero attached hydrogens (tertiary/aromatic N) is 1. The molecule has 0 aliphatic heterocycles. The van der Waals surface area contributed by atoms with Gasteiger partial charge in [0, 0.05) is 25.8 Å². The fourth-order valence-corrected chi connectivity index (χ4v) is 1.46. The summed E-state index contributed by atoms with van der Waals surface area (Å²) in [5.41, 5.74) is 6.73. The first-order chi connectivity index (χ1) is 8.95.